The highest BCUT2D eigenvalue weighted by Gasteiger charge is 2.09. The second-order valence-corrected chi connectivity index (χ2v) is 6.43. The molecule has 0 saturated carbocycles. The van der Waals surface area contributed by atoms with Crippen molar-refractivity contribution >= 4 is 11.3 Å². The first-order valence-electron chi connectivity index (χ1n) is 7.30. The summed E-state index contributed by atoms with van der Waals surface area (Å²) in [5, 5.41) is 13.4. The molecule has 120 valence electrons. The van der Waals surface area contributed by atoms with E-state index in [1.807, 2.05) is 37.3 Å². The molecule has 0 fully saturated rings. The van der Waals surface area contributed by atoms with Crippen LogP contribution in [0.4, 0.5) is 0 Å². The van der Waals surface area contributed by atoms with E-state index in [0.29, 0.717) is 6.54 Å². The highest BCUT2D eigenvalue weighted by atomic mass is 32.1. The first-order valence-corrected chi connectivity index (χ1v) is 8.11. The van der Waals surface area contributed by atoms with Crippen LogP contribution in [0, 0.1) is 6.92 Å². The largest absolute Gasteiger partial charge is 0.493 e. The molecule has 2 aromatic rings. The number of hydrogen-bond donors (Lipinski definition) is 2. The van der Waals surface area contributed by atoms with E-state index in [-0.39, 0.29) is 0 Å². The van der Waals surface area contributed by atoms with Gasteiger partial charge in [0.1, 0.15) is 6.10 Å². The summed E-state index contributed by atoms with van der Waals surface area (Å²) in [6.07, 6.45) is 0.431. The lowest BCUT2D eigenvalue weighted by atomic mass is 10.1. The summed E-state index contributed by atoms with van der Waals surface area (Å²) in [4.78, 5) is 2.23. The van der Waals surface area contributed by atoms with E-state index >= 15 is 0 Å². The van der Waals surface area contributed by atoms with Gasteiger partial charge in [0.15, 0.2) is 11.5 Å². The zero-order valence-corrected chi connectivity index (χ0v) is 14.1. The maximum Gasteiger partial charge on any atom is 0.160 e. The molecule has 1 atom stereocenters. The van der Waals surface area contributed by atoms with Gasteiger partial charge in [-0.2, -0.15) is 0 Å². The quantitative estimate of drug-likeness (QED) is 0.734. The average Bonchev–Trinajstić information content (AvgIpc) is 2.97. The highest BCUT2D eigenvalue weighted by molar-refractivity contribution is 7.12. The molecule has 2 rings (SSSR count). The third-order valence-corrected chi connectivity index (χ3v) is 4.57. The molecule has 1 unspecified atom stereocenters. The summed E-state index contributed by atoms with van der Waals surface area (Å²) in [5.41, 5.74) is 1.17. The predicted octanol–water partition coefficient (Wildman–Crippen LogP) is 2.94. The third kappa shape index (κ3) is 4.47. The van der Waals surface area contributed by atoms with E-state index in [1.54, 1.807) is 25.6 Å². The molecule has 1 heterocycles. The zero-order valence-electron chi connectivity index (χ0n) is 13.3. The first-order chi connectivity index (χ1) is 10.6. The van der Waals surface area contributed by atoms with Crippen molar-refractivity contribution < 1.29 is 14.6 Å². The number of rotatable bonds is 8. The molecule has 0 saturated heterocycles. The Morgan fingerprint density at radius 3 is 2.55 bits per heavy atom. The lowest BCUT2D eigenvalue weighted by Gasteiger charge is -2.12. The van der Waals surface area contributed by atoms with Crippen LogP contribution in [0.5, 0.6) is 11.5 Å². The van der Waals surface area contributed by atoms with E-state index in [4.69, 9.17) is 9.47 Å². The maximum absolute atomic E-state index is 10.1. The summed E-state index contributed by atoms with van der Waals surface area (Å²) in [5.74, 6) is 1.48. The average molecular weight is 321 g/mol. The monoisotopic (exact) mass is 321 g/mol. The number of hydrogen-bond acceptors (Lipinski definition) is 5. The fourth-order valence-corrected chi connectivity index (χ4v) is 3.10. The minimum atomic E-state index is -0.441. The second kappa shape index (κ2) is 8.17. The molecule has 0 aliphatic carbocycles. The van der Waals surface area contributed by atoms with Crippen LogP contribution in [0.2, 0.25) is 0 Å². The van der Waals surface area contributed by atoms with Crippen molar-refractivity contribution in [2.24, 2.45) is 0 Å². The molecule has 1 aromatic heterocycles. The molecule has 0 spiro atoms. The van der Waals surface area contributed by atoms with Crippen LogP contribution >= 0.6 is 11.3 Å². The van der Waals surface area contributed by atoms with Crippen molar-refractivity contribution in [3.8, 4) is 11.5 Å². The van der Waals surface area contributed by atoms with Crippen LogP contribution in [-0.2, 0) is 6.42 Å². The van der Waals surface area contributed by atoms with Gasteiger partial charge in [-0.3, -0.25) is 0 Å². The molecule has 0 bridgehead atoms. The van der Waals surface area contributed by atoms with Gasteiger partial charge >= 0.3 is 0 Å². The SMILES string of the molecule is COc1ccc(CCNCC(O)c2ccc(C)s2)cc1OC. The molecule has 2 N–H and O–H groups in total. The molecule has 0 amide bonds. The fourth-order valence-electron chi connectivity index (χ4n) is 2.24. The van der Waals surface area contributed by atoms with E-state index < -0.39 is 6.10 Å². The number of aliphatic hydroxyl groups excluding tert-OH is 1. The van der Waals surface area contributed by atoms with Crippen molar-refractivity contribution in [3.05, 3.63) is 45.6 Å². The van der Waals surface area contributed by atoms with Gasteiger partial charge in [0.2, 0.25) is 0 Å². The summed E-state index contributed by atoms with van der Waals surface area (Å²) in [6.45, 7) is 3.41. The molecule has 1 aromatic carbocycles. The molecule has 0 aliphatic rings. The second-order valence-electron chi connectivity index (χ2n) is 5.11. The standard InChI is InChI=1S/C17H23NO3S/c1-12-4-7-17(22-12)14(19)11-18-9-8-13-5-6-15(20-2)16(10-13)21-3/h4-7,10,14,18-19H,8-9,11H2,1-3H3. The number of ether oxygens (including phenoxy) is 2. The van der Waals surface area contributed by atoms with Gasteiger partial charge in [0, 0.05) is 16.3 Å². The van der Waals surface area contributed by atoms with Gasteiger partial charge in [-0.1, -0.05) is 6.07 Å². The number of benzene rings is 1. The smallest absolute Gasteiger partial charge is 0.160 e. The topological polar surface area (TPSA) is 50.7 Å². The minimum Gasteiger partial charge on any atom is -0.493 e. The lowest BCUT2D eigenvalue weighted by molar-refractivity contribution is 0.179. The number of methoxy groups -OCH3 is 2. The maximum atomic E-state index is 10.1. The van der Waals surface area contributed by atoms with E-state index in [2.05, 4.69) is 5.32 Å². The van der Waals surface area contributed by atoms with Crippen LogP contribution in [0.1, 0.15) is 21.4 Å². The van der Waals surface area contributed by atoms with Gasteiger partial charge in [-0.25, -0.2) is 0 Å². The normalized spacial score (nSPS) is 12.2. The fraction of sp³-hybridized carbons (Fsp3) is 0.412. The summed E-state index contributed by atoms with van der Waals surface area (Å²) < 4.78 is 10.5. The van der Waals surface area contributed by atoms with Crippen LogP contribution in [0.25, 0.3) is 0 Å². The van der Waals surface area contributed by atoms with Crippen LogP contribution < -0.4 is 14.8 Å². The Kier molecular flexibility index (Phi) is 6.24. The Balaban J connectivity index is 1.79. The Morgan fingerprint density at radius 2 is 1.91 bits per heavy atom. The Bertz CT molecular complexity index is 597. The first kappa shape index (κ1) is 16.8. The molecule has 4 nitrogen and oxygen atoms in total. The minimum absolute atomic E-state index is 0.441. The Labute approximate surface area is 135 Å². The molecule has 5 heteroatoms. The van der Waals surface area contributed by atoms with Crippen LogP contribution in [-0.4, -0.2) is 32.4 Å². The van der Waals surface area contributed by atoms with E-state index in [9.17, 15) is 5.11 Å². The summed E-state index contributed by atoms with van der Waals surface area (Å²) in [7, 11) is 3.27. The molecule has 0 aliphatic heterocycles. The van der Waals surface area contributed by atoms with Crippen LogP contribution in [0.15, 0.2) is 30.3 Å². The van der Waals surface area contributed by atoms with Crippen molar-refractivity contribution in [1.82, 2.24) is 5.32 Å². The van der Waals surface area contributed by atoms with Crippen molar-refractivity contribution in [2.75, 3.05) is 27.3 Å². The molecule has 22 heavy (non-hydrogen) atoms. The van der Waals surface area contributed by atoms with Crippen molar-refractivity contribution in [3.63, 3.8) is 0 Å². The zero-order chi connectivity index (χ0) is 15.9. The van der Waals surface area contributed by atoms with Gasteiger partial charge in [-0.15, -0.1) is 11.3 Å². The molecular weight excluding hydrogens is 298 g/mol. The number of thiophene rings is 1. The Morgan fingerprint density at radius 1 is 1.14 bits per heavy atom. The van der Waals surface area contributed by atoms with E-state index in [1.165, 1.54) is 10.4 Å². The van der Waals surface area contributed by atoms with Gasteiger partial charge in [-0.05, 0) is 49.7 Å². The highest BCUT2D eigenvalue weighted by Crippen LogP contribution is 2.27. The van der Waals surface area contributed by atoms with Gasteiger partial charge in [0.25, 0.3) is 0 Å². The lowest BCUT2D eigenvalue weighted by Crippen LogP contribution is -2.23. The summed E-state index contributed by atoms with van der Waals surface area (Å²) in [6, 6.07) is 9.95. The number of aliphatic hydroxyl groups is 1. The number of nitrogens with one attached hydrogen (secondary N) is 1. The third-order valence-electron chi connectivity index (χ3n) is 3.47. The van der Waals surface area contributed by atoms with Crippen molar-refractivity contribution in [1.29, 1.82) is 0 Å². The van der Waals surface area contributed by atoms with Gasteiger partial charge < -0.3 is 19.9 Å². The predicted molar refractivity (Wildman–Crippen MR) is 90.1 cm³/mol. The van der Waals surface area contributed by atoms with Crippen LogP contribution in [0.3, 0.4) is 0 Å². The molecule has 0 radical (unpaired) electrons. The van der Waals surface area contributed by atoms with E-state index in [0.717, 1.165) is 29.3 Å². The van der Waals surface area contributed by atoms with Gasteiger partial charge in [0.05, 0.1) is 14.2 Å². The molecular formula is C17H23NO3S. The Hall–Kier alpha value is -1.56. The summed E-state index contributed by atoms with van der Waals surface area (Å²) >= 11 is 1.64. The number of aryl methyl sites for hydroxylation is 1. The van der Waals surface area contributed by atoms with Crippen molar-refractivity contribution in [2.45, 2.75) is 19.4 Å².